The number of nitrogens with one attached hydrogen (secondary N) is 4. The third kappa shape index (κ3) is 23.8. The van der Waals surface area contributed by atoms with Crippen molar-refractivity contribution in [3.63, 3.8) is 0 Å². The van der Waals surface area contributed by atoms with Crippen LogP contribution in [0.25, 0.3) is 11.2 Å². The number of phosphoric ester groups is 3. The zero-order valence-corrected chi connectivity index (χ0v) is 45.6. The van der Waals surface area contributed by atoms with Crippen LogP contribution in [0.15, 0.2) is 12.7 Å². The van der Waals surface area contributed by atoms with Gasteiger partial charge in [0.15, 0.2) is 17.7 Å². The lowest BCUT2D eigenvalue weighted by atomic mass is 9.87. The van der Waals surface area contributed by atoms with Gasteiger partial charge in [-0.2, -0.15) is 4.31 Å². The molecule has 32 heteroatoms. The molecule has 4 amide bonds. The number of imidazole rings is 1. The minimum atomic E-state index is -5.61. The van der Waals surface area contributed by atoms with Crippen molar-refractivity contribution in [2.24, 2.45) is 5.41 Å². The highest BCUT2D eigenvalue weighted by molar-refractivity contribution is 8.13. The van der Waals surface area contributed by atoms with E-state index < -0.39 is 96.5 Å². The number of thioether (sulfide) groups is 1. The van der Waals surface area contributed by atoms with E-state index in [-0.39, 0.29) is 59.8 Å². The first-order valence-corrected chi connectivity index (χ1v) is 29.9. The molecule has 2 unspecified atom stereocenters. The Kier molecular flexibility index (Phi) is 27.7. The minimum Gasteiger partial charge on any atom is -0.386 e. The van der Waals surface area contributed by atoms with E-state index in [0.29, 0.717) is 6.42 Å². The summed E-state index contributed by atoms with van der Waals surface area (Å²) in [4.78, 5) is 113. The van der Waals surface area contributed by atoms with Crippen molar-refractivity contribution in [1.82, 2.24) is 40.8 Å². The number of nitrogen functional groups attached to an aromatic ring is 1. The maximum atomic E-state index is 12.8. The normalized spacial score (nSPS) is 19.5. The van der Waals surface area contributed by atoms with Crippen molar-refractivity contribution in [2.75, 3.05) is 44.3 Å². The maximum Gasteiger partial charge on any atom is 0.481 e. The summed E-state index contributed by atoms with van der Waals surface area (Å²) < 4.78 is 62.4. The van der Waals surface area contributed by atoms with Gasteiger partial charge in [-0.1, -0.05) is 110 Å². The number of aromatic nitrogens is 4. The Labute approximate surface area is 433 Å². The van der Waals surface area contributed by atoms with E-state index in [4.69, 9.17) is 19.5 Å². The molecule has 28 nitrogen and oxygen atoms in total. The van der Waals surface area contributed by atoms with E-state index in [9.17, 15) is 67.5 Å². The first-order chi connectivity index (χ1) is 34.8. The molecule has 74 heavy (non-hydrogen) atoms. The summed E-state index contributed by atoms with van der Waals surface area (Å²) in [6, 6.07) is -0.829. The Morgan fingerprint density at radius 1 is 0.824 bits per heavy atom. The molecule has 2 aromatic heterocycles. The van der Waals surface area contributed by atoms with Gasteiger partial charge < -0.3 is 61.5 Å². The Balaban J connectivity index is 1.28. The zero-order chi connectivity index (χ0) is 55.1. The lowest BCUT2D eigenvalue weighted by molar-refractivity contribution is -0.137. The molecule has 1 aliphatic heterocycles. The predicted octanol–water partition coefficient (Wildman–Crippen LogP) is 2.77. The van der Waals surface area contributed by atoms with Gasteiger partial charge >= 0.3 is 23.5 Å². The third-order valence-electron chi connectivity index (χ3n) is 11.4. The summed E-state index contributed by atoms with van der Waals surface area (Å²) in [6.45, 7) is 3.64. The summed E-state index contributed by atoms with van der Waals surface area (Å²) in [5.41, 5.74) is 4.21. The Morgan fingerprint density at radius 2 is 1.43 bits per heavy atom. The highest BCUT2D eigenvalue weighted by Gasteiger charge is 2.50. The number of fused-ring (bicyclic) bond motifs is 1. The molecule has 0 aliphatic carbocycles. The molecule has 3 heterocycles. The molecule has 422 valence electrons. The van der Waals surface area contributed by atoms with Crippen LogP contribution in [-0.4, -0.2) is 147 Å². The molecule has 0 saturated carbocycles. The largest absolute Gasteiger partial charge is 0.481 e. The van der Waals surface area contributed by atoms with Crippen molar-refractivity contribution in [1.29, 1.82) is 0 Å². The quantitative estimate of drug-likeness (QED) is 0.0342. The minimum absolute atomic E-state index is 0.0188. The Bertz CT molecular complexity index is 2280. The lowest BCUT2D eigenvalue weighted by Crippen LogP contribution is -2.46. The maximum absolute atomic E-state index is 12.8. The van der Waals surface area contributed by atoms with Crippen LogP contribution < -0.4 is 27.0 Å². The van der Waals surface area contributed by atoms with E-state index in [0.717, 1.165) is 54.7 Å². The highest BCUT2D eigenvalue weighted by Crippen LogP contribution is 2.61. The molecular formula is C42H74N9O19P3S. The molecular weight excluding hydrogens is 1060 g/mol. The van der Waals surface area contributed by atoms with E-state index >= 15 is 0 Å². The van der Waals surface area contributed by atoms with Gasteiger partial charge in [-0.3, -0.25) is 42.1 Å². The van der Waals surface area contributed by atoms with Gasteiger partial charge in [0.05, 0.1) is 26.1 Å². The molecule has 0 spiro atoms. The zero-order valence-electron chi connectivity index (χ0n) is 42.1. The van der Waals surface area contributed by atoms with Gasteiger partial charge in [0.25, 0.3) is 0 Å². The number of aliphatic hydroxyl groups is 2. The van der Waals surface area contributed by atoms with Crippen LogP contribution in [0.2, 0.25) is 0 Å². The SMILES string of the molecule is CCCCCCCCCCCCCCCC(=O)N[C@@H](C)C(=O)NCC(=O)SCCNC(=O)CCNC(=O)[C@H](O)C(C)(C)COP(=O)(O)OP(=O)(O)OC[C@H]1O[C@@H](n2cnc3c(N)ncnc32)[C@H](O)[C@@H]1OP(=O)(O)O. The number of anilines is 1. The fraction of sp³-hybridized carbons (Fsp3) is 0.762. The number of ether oxygens (including phenoxy) is 1. The van der Waals surface area contributed by atoms with Crippen LogP contribution in [0, 0.1) is 5.41 Å². The van der Waals surface area contributed by atoms with Crippen LogP contribution in [0.3, 0.4) is 0 Å². The molecule has 12 N–H and O–H groups in total. The monoisotopic (exact) mass is 1130 g/mol. The Morgan fingerprint density at radius 3 is 2.05 bits per heavy atom. The molecule has 1 aliphatic rings. The Hall–Kier alpha value is -3.50. The smallest absolute Gasteiger partial charge is 0.386 e. The van der Waals surface area contributed by atoms with E-state index in [1.54, 1.807) is 0 Å². The third-order valence-corrected chi connectivity index (χ3v) is 15.4. The second kappa shape index (κ2) is 31.7. The van der Waals surface area contributed by atoms with Crippen molar-refractivity contribution < 1.29 is 90.1 Å². The summed E-state index contributed by atoms with van der Waals surface area (Å²) in [5, 5.41) is 31.2. The number of unbranched alkanes of at least 4 members (excludes halogenated alkanes) is 12. The van der Waals surface area contributed by atoms with Crippen LogP contribution in [0.4, 0.5) is 5.82 Å². The molecule has 1 fully saturated rings. The van der Waals surface area contributed by atoms with Crippen molar-refractivity contribution in [3.8, 4) is 0 Å². The van der Waals surface area contributed by atoms with Crippen molar-refractivity contribution >= 4 is 81.0 Å². The second-order valence-corrected chi connectivity index (χ2v) is 23.7. The number of hydrogen-bond acceptors (Lipinski definition) is 20. The van der Waals surface area contributed by atoms with Gasteiger partial charge in [-0.05, 0) is 13.3 Å². The topological polar surface area (TPSA) is 422 Å². The predicted molar refractivity (Wildman–Crippen MR) is 268 cm³/mol. The number of hydrogen-bond donors (Lipinski definition) is 11. The number of nitrogens with zero attached hydrogens (tertiary/aromatic N) is 4. The summed E-state index contributed by atoms with van der Waals surface area (Å²) >= 11 is 0.862. The van der Waals surface area contributed by atoms with Gasteiger partial charge in [-0.25, -0.2) is 28.6 Å². The standard InChI is InChI=1S/C42H74N9O19P3S/c1-5-6-7-8-9-10-11-12-13-14-15-16-17-18-31(53)50-28(2)39(57)46-23-32(54)74-22-21-44-30(52)19-20-45-40(58)36(56)42(3,4)25-67-73(64,65)70-72(62,63)66-24-29-35(69-71(59,60)61)34(55)41(68-29)51-27-49-33-37(43)47-26-48-38(33)51/h26-29,34-36,41,55-56H,5-25H2,1-4H3,(H,44,52)(H,45,58)(H,46,57)(H,50,53)(H,62,63)(H,64,65)(H2,43,47,48)(H2,59,60,61)/t28-,29+,34+,35+,36-,41+/m0/s1. The number of phosphoric acid groups is 3. The molecule has 0 radical (unpaired) electrons. The molecule has 3 rings (SSSR count). The summed E-state index contributed by atoms with van der Waals surface area (Å²) in [5.74, 6) is -2.18. The molecule has 2 aromatic rings. The average Bonchev–Trinajstić information content (AvgIpc) is 3.89. The van der Waals surface area contributed by atoms with E-state index in [2.05, 4.69) is 52.0 Å². The number of amides is 4. The van der Waals surface area contributed by atoms with Gasteiger partial charge in [0.1, 0.15) is 42.3 Å². The van der Waals surface area contributed by atoms with Crippen LogP contribution in [-0.2, 0) is 60.3 Å². The highest BCUT2D eigenvalue weighted by atomic mass is 32.2. The number of carbonyl (C=O) groups is 5. The van der Waals surface area contributed by atoms with Crippen LogP contribution >= 0.6 is 35.2 Å². The lowest BCUT2D eigenvalue weighted by Gasteiger charge is -2.30. The number of carbonyl (C=O) groups excluding carboxylic acids is 5. The summed E-state index contributed by atoms with van der Waals surface area (Å²) in [7, 11) is -16.5. The van der Waals surface area contributed by atoms with Crippen LogP contribution in [0.1, 0.15) is 130 Å². The fourth-order valence-electron chi connectivity index (χ4n) is 7.34. The molecule has 0 bridgehead atoms. The van der Waals surface area contributed by atoms with Gasteiger partial charge in [-0.15, -0.1) is 0 Å². The van der Waals surface area contributed by atoms with Crippen LogP contribution in [0.5, 0.6) is 0 Å². The van der Waals surface area contributed by atoms with Gasteiger partial charge in [0.2, 0.25) is 28.7 Å². The molecule has 1 saturated heterocycles. The first-order valence-electron chi connectivity index (χ1n) is 24.4. The molecule has 8 atom stereocenters. The van der Waals surface area contributed by atoms with Gasteiger partial charge in [0, 0.05) is 37.1 Å². The van der Waals surface area contributed by atoms with E-state index in [1.807, 2.05) is 0 Å². The fourth-order valence-corrected chi connectivity index (χ4v) is 10.8. The second-order valence-electron chi connectivity index (χ2n) is 18.3. The number of aliphatic hydroxyl groups excluding tert-OH is 2. The average molecular weight is 1130 g/mol. The number of nitrogens with two attached hydrogens (primary N) is 1. The first kappa shape index (κ1) is 64.8. The van der Waals surface area contributed by atoms with Crippen molar-refractivity contribution in [3.05, 3.63) is 12.7 Å². The summed E-state index contributed by atoms with van der Waals surface area (Å²) in [6.07, 6.45) is 8.68. The van der Waals surface area contributed by atoms with E-state index in [1.165, 1.54) is 78.6 Å². The van der Waals surface area contributed by atoms with Crippen molar-refractivity contribution in [2.45, 2.75) is 161 Å². The number of rotatable bonds is 37. The molecule has 0 aromatic carbocycles.